The van der Waals surface area contributed by atoms with E-state index in [-0.39, 0.29) is 0 Å². The van der Waals surface area contributed by atoms with Crippen molar-refractivity contribution in [1.82, 2.24) is 10.3 Å². The minimum Gasteiger partial charge on any atom is -0.310 e. The lowest BCUT2D eigenvalue weighted by Crippen LogP contribution is -2.18. The highest BCUT2D eigenvalue weighted by Gasteiger charge is 2.12. The van der Waals surface area contributed by atoms with Crippen LogP contribution in [0.3, 0.4) is 0 Å². The highest BCUT2D eigenvalue weighted by molar-refractivity contribution is 7.09. The average molecular weight is 224 g/mol. The lowest BCUT2D eigenvalue weighted by atomic mass is 9.87. The molecular formula is C12H20N2S. The van der Waals surface area contributed by atoms with Crippen molar-refractivity contribution in [3.63, 3.8) is 0 Å². The van der Waals surface area contributed by atoms with Crippen molar-refractivity contribution in [3.8, 4) is 0 Å². The summed E-state index contributed by atoms with van der Waals surface area (Å²) in [6, 6.07) is 0. The van der Waals surface area contributed by atoms with Crippen LogP contribution >= 0.6 is 11.3 Å². The van der Waals surface area contributed by atoms with Crippen molar-refractivity contribution in [2.75, 3.05) is 6.54 Å². The summed E-state index contributed by atoms with van der Waals surface area (Å²) in [6.45, 7) is 2.11. The Bertz CT molecular complexity index is 253. The average Bonchev–Trinajstić information content (AvgIpc) is 2.79. The van der Waals surface area contributed by atoms with Gasteiger partial charge in [0.2, 0.25) is 0 Å². The fourth-order valence-electron chi connectivity index (χ4n) is 2.32. The van der Waals surface area contributed by atoms with E-state index in [0.29, 0.717) is 0 Å². The highest BCUT2D eigenvalue weighted by Crippen LogP contribution is 2.25. The minimum absolute atomic E-state index is 0.949. The van der Waals surface area contributed by atoms with Crippen LogP contribution in [0.1, 0.15) is 43.5 Å². The van der Waals surface area contributed by atoms with E-state index in [1.54, 1.807) is 11.3 Å². The normalized spacial score (nSPS) is 18.1. The number of aromatic nitrogens is 1. The van der Waals surface area contributed by atoms with Crippen LogP contribution in [0.25, 0.3) is 0 Å². The van der Waals surface area contributed by atoms with Gasteiger partial charge in [-0.15, -0.1) is 11.3 Å². The van der Waals surface area contributed by atoms with Gasteiger partial charge in [0.15, 0.2) is 0 Å². The maximum atomic E-state index is 4.26. The van der Waals surface area contributed by atoms with Gasteiger partial charge in [0.25, 0.3) is 0 Å². The number of nitrogens with zero attached hydrogens (tertiary/aromatic N) is 1. The zero-order valence-corrected chi connectivity index (χ0v) is 10.1. The van der Waals surface area contributed by atoms with E-state index in [0.717, 1.165) is 19.0 Å². The molecule has 3 heteroatoms. The quantitative estimate of drug-likeness (QED) is 0.777. The largest absolute Gasteiger partial charge is 0.310 e. The van der Waals surface area contributed by atoms with Gasteiger partial charge >= 0.3 is 0 Å². The van der Waals surface area contributed by atoms with E-state index < -0.39 is 0 Å². The van der Waals surface area contributed by atoms with E-state index in [9.17, 15) is 0 Å². The Morgan fingerprint density at radius 3 is 2.93 bits per heavy atom. The summed E-state index contributed by atoms with van der Waals surface area (Å²) in [5.74, 6) is 0.988. The van der Waals surface area contributed by atoms with Gasteiger partial charge in [0, 0.05) is 18.1 Å². The Hall–Kier alpha value is -0.410. The van der Waals surface area contributed by atoms with Crippen LogP contribution in [-0.4, -0.2) is 11.5 Å². The van der Waals surface area contributed by atoms with Crippen molar-refractivity contribution >= 4 is 11.3 Å². The molecule has 1 saturated carbocycles. The topological polar surface area (TPSA) is 24.9 Å². The second-order valence-corrected chi connectivity index (χ2v) is 5.37. The summed E-state index contributed by atoms with van der Waals surface area (Å²) in [4.78, 5) is 4.26. The maximum Gasteiger partial charge on any atom is 0.106 e. The smallest absolute Gasteiger partial charge is 0.106 e. The number of hydrogen-bond acceptors (Lipinski definition) is 3. The molecule has 2 rings (SSSR count). The fourth-order valence-corrected chi connectivity index (χ4v) is 2.90. The van der Waals surface area contributed by atoms with Crippen LogP contribution in [0, 0.1) is 5.92 Å². The third kappa shape index (κ3) is 3.92. The lowest BCUT2D eigenvalue weighted by Gasteiger charge is -2.21. The van der Waals surface area contributed by atoms with Gasteiger partial charge in [0.1, 0.15) is 5.01 Å². The molecule has 1 N–H and O–H groups in total. The molecular weight excluding hydrogens is 204 g/mol. The molecule has 0 bridgehead atoms. The van der Waals surface area contributed by atoms with Crippen LogP contribution in [0.5, 0.6) is 0 Å². The van der Waals surface area contributed by atoms with Gasteiger partial charge < -0.3 is 5.32 Å². The first-order valence-corrected chi connectivity index (χ1v) is 6.92. The summed E-state index contributed by atoms with van der Waals surface area (Å²) in [7, 11) is 0. The Kier molecular flexibility index (Phi) is 4.61. The van der Waals surface area contributed by atoms with Crippen LogP contribution in [0.4, 0.5) is 0 Å². The van der Waals surface area contributed by atoms with Crippen LogP contribution in [0.15, 0.2) is 11.6 Å². The number of hydrogen-bond donors (Lipinski definition) is 1. The molecule has 0 spiro atoms. The van der Waals surface area contributed by atoms with Crippen molar-refractivity contribution in [2.24, 2.45) is 5.92 Å². The fraction of sp³-hybridized carbons (Fsp3) is 0.750. The van der Waals surface area contributed by atoms with Gasteiger partial charge in [-0.2, -0.15) is 0 Å². The molecule has 0 aliphatic heterocycles. The summed E-state index contributed by atoms with van der Waals surface area (Å²) in [5.41, 5.74) is 0. The molecule has 1 aliphatic carbocycles. The monoisotopic (exact) mass is 224 g/mol. The second kappa shape index (κ2) is 6.23. The third-order valence-corrected chi connectivity index (χ3v) is 3.99. The molecule has 0 unspecified atom stereocenters. The summed E-state index contributed by atoms with van der Waals surface area (Å²) in [6.07, 6.45) is 10.5. The molecule has 1 heterocycles. The Morgan fingerprint density at radius 2 is 2.20 bits per heavy atom. The summed E-state index contributed by atoms with van der Waals surface area (Å²) < 4.78 is 0. The van der Waals surface area contributed by atoms with Crippen molar-refractivity contribution < 1.29 is 0 Å². The van der Waals surface area contributed by atoms with E-state index >= 15 is 0 Å². The van der Waals surface area contributed by atoms with Gasteiger partial charge in [-0.1, -0.05) is 32.1 Å². The first kappa shape index (κ1) is 11.1. The zero-order chi connectivity index (χ0) is 10.3. The SMILES string of the molecule is c1csc(CNCCC2CCCCC2)n1. The van der Waals surface area contributed by atoms with E-state index in [4.69, 9.17) is 0 Å². The molecule has 84 valence electrons. The Balaban J connectivity index is 1.54. The molecule has 15 heavy (non-hydrogen) atoms. The van der Waals surface area contributed by atoms with Crippen molar-refractivity contribution in [2.45, 2.75) is 45.1 Å². The van der Waals surface area contributed by atoms with Crippen molar-refractivity contribution in [1.29, 1.82) is 0 Å². The maximum absolute atomic E-state index is 4.26. The first-order chi connectivity index (χ1) is 7.45. The van der Waals surface area contributed by atoms with E-state index in [1.165, 1.54) is 43.5 Å². The molecule has 0 aromatic carbocycles. The molecule has 1 aliphatic rings. The summed E-state index contributed by atoms with van der Waals surface area (Å²) in [5, 5.41) is 6.73. The molecule has 1 fully saturated rings. The number of rotatable bonds is 5. The van der Waals surface area contributed by atoms with Crippen LogP contribution < -0.4 is 5.32 Å². The molecule has 2 nitrogen and oxygen atoms in total. The highest BCUT2D eigenvalue weighted by atomic mass is 32.1. The van der Waals surface area contributed by atoms with Crippen molar-refractivity contribution in [3.05, 3.63) is 16.6 Å². The Labute approximate surface area is 96.1 Å². The predicted octanol–water partition coefficient (Wildman–Crippen LogP) is 3.20. The van der Waals surface area contributed by atoms with Crippen LogP contribution in [-0.2, 0) is 6.54 Å². The Morgan fingerprint density at radius 1 is 1.33 bits per heavy atom. The van der Waals surface area contributed by atoms with Gasteiger partial charge in [-0.3, -0.25) is 0 Å². The van der Waals surface area contributed by atoms with E-state index in [1.807, 2.05) is 11.6 Å². The molecule has 1 aromatic rings. The molecule has 0 amide bonds. The first-order valence-electron chi connectivity index (χ1n) is 6.04. The molecule has 0 atom stereocenters. The molecule has 0 saturated heterocycles. The predicted molar refractivity (Wildman–Crippen MR) is 65.0 cm³/mol. The summed E-state index contributed by atoms with van der Waals surface area (Å²) >= 11 is 1.74. The minimum atomic E-state index is 0.949. The van der Waals surface area contributed by atoms with Gasteiger partial charge in [0.05, 0.1) is 0 Å². The number of nitrogens with one attached hydrogen (secondary N) is 1. The molecule has 1 aromatic heterocycles. The molecule has 0 radical (unpaired) electrons. The lowest BCUT2D eigenvalue weighted by molar-refractivity contribution is 0.334. The third-order valence-electron chi connectivity index (χ3n) is 3.21. The second-order valence-electron chi connectivity index (χ2n) is 4.40. The van der Waals surface area contributed by atoms with Crippen LogP contribution in [0.2, 0.25) is 0 Å². The zero-order valence-electron chi connectivity index (χ0n) is 9.24. The standard InChI is InChI=1S/C12H20N2S/c1-2-4-11(5-3-1)6-7-13-10-12-14-8-9-15-12/h8-9,11,13H,1-7,10H2. The van der Waals surface area contributed by atoms with Gasteiger partial charge in [-0.05, 0) is 18.9 Å². The van der Waals surface area contributed by atoms with E-state index in [2.05, 4.69) is 10.3 Å². The number of thiazole rings is 1. The van der Waals surface area contributed by atoms with Gasteiger partial charge in [-0.25, -0.2) is 4.98 Å².